The number of methoxy groups -OCH3 is 1. The highest BCUT2D eigenvalue weighted by molar-refractivity contribution is 7.89. The van der Waals surface area contributed by atoms with Gasteiger partial charge in [0, 0.05) is 13.1 Å². The lowest BCUT2D eigenvalue weighted by molar-refractivity contribution is 0.374. The molecule has 1 aromatic rings. The maximum atomic E-state index is 11.5. The average Bonchev–Trinajstić information content (AvgIpc) is 2.53. The number of hydrogen-bond donors (Lipinski definition) is 1. The van der Waals surface area contributed by atoms with Crippen LogP contribution in [0.25, 0.3) is 0 Å². The van der Waals surface area contributed by atoms with Gasteiger partial charge in [-0.1, -0.05) is 0 Å². The Balaban J connectivity index is 2.17. The quantitative estimate of drug-likeness (QED) is 0.806. The van der Waals surface area contributed by atoms with Crippen molar-refractivity contribution < 1.29 is 13.2 Å². The normalized spacial score (nSPS) is 16.0. The molecule has 118 valence electrons. The molecular formula is C12H21N5O3S. The molecule has 9 heteroatoms. The Morgan fingerprint density at radius 3 is 2.52 bits per heavy atom. The molecule has 0 amide bonds. The van der Waals surface area contributed by atoms with Crippen LogP contribution in [0.15, 0.2) is 0 Å². The van der Waals surface area contributed by atoms with Crippen LogP contribution in [-0.2, 0) is 16.6 Å². The van der Waals surface area contributed by atoms with Crippen molar-refractivity contribution in [2.75, 3.05) is 30.9 Å². The van der Waals surface area contributed by atoms with E-state index in [2.05, 4.69) is 24.6 Å². The van der Waals surface area contributed by atoms with E-state index in [1.54, 1.807) is 6.92 Å². The number of anilines is 1. The molecule has 8 nitrogen and oxygen atoms in total. The Morgan fingerprint density at radius 2 is 1.90 bits per heavy atom. The number of nitrogens with zero attached hydrogens (tertiary/aromatic N) is 4. The Kier molecular flexibility index (Phi) is 5.29. The molecule has 0 atom stereocenters. The van der Waals surface area contributed by atoms with E-state index in [0.717, 1.165) is 25.9 Å². The summed E-state index contributed by atoms with van der Waals surface area (Å²) in [6.07, 6.45) is 3.42. The fourth-order valence-corrected chi connectivity index (χ4v) is 2.62. The van der Waals surface area contributed by atoms with Crippen LogP contribution in [0.5, 0.6) is 6.01 Å². The van der Waals surface area contributed by atoms with Crippen molar-refractivity contribution >= 4 is 16.0 Å². The fraction of sp³-hybridized carbons (Fsp3) is 0.750. The molecule has 1 fully saturated rings. The Morgan fingerprint density at radius 1 is 1.19 bits per heavy atom. The first kappa shape index (κ1) is 15.9. The first-order valence-corrected chi connectivity index (χ1v) is 8.70. The second-order valence-electron chi connectivity index (χ2n) is 4.81. The topological polar surface area (TPSA) is 97.3 Å². The number of piperidine rings is 1. The van der Waals surface area contributed by atoms with Gasteiger partial charge in [0.1, 0.15) is 0 Å². The maximum absolute atomic E-state index is 11.5. The SMILES string of the molecule is CCS(=O)(=O)NCc1nc(OC)nc(N2CCCCC2)n1. The number of sulfonamides is 1. The van der Waals surface area contributed by atoms with Gasteiger partial charge in [-0.25, -0.2) is 13.1 Å². The van der Waals surface area contributed by atoms with Gasteiger partial charge >= 0.3 is 6.01 Å². The van der Waals surface area contributed by atoms with Crippen LogP contribution < -0.4 is 14.4 Å². The summed E-state index contributed by atoms with van der Waals surface area (Å²) in [6.45, 7) is 3.41. The summed E-state index contributed by atoms with van der Waals surface area (Å²) in [5.74, 6) is 0.931. The van der Waals surface area contributed by atoms with Crippen molar-refractivity contribution in [3.63, 3.8) is 0 Å². The van der Waals surface area contributed by atoms with Gasteiger partial charge in [-0.2, -0.15) is 15.0 Å². The number of rotatable bonds is 6. The molecule has 0 aromatic carbocycles. The van der Waals surface area contributed by atoms with Gasteiger partial charge in [-0.3, -0.25) is 0 Å². The lowest BCUT2D eigenvalue weighted by atomic mass is 10.1. The molecule has 0 aliphatic carbocycles. The van der Waals surface area contributed by atoms with E-state index in [0.29, 0.717) is 11.8 Å². The van der Waals surface area contributed by atoms with Gasteiger partial charge in [0.15, 0.2) is 5.82 Å². The summed E-state index contributed by atoms with van der Waals surface area (Å²) in [5, 5.41) is 0. The first-order chi connectivity index (χ1) is 10.0. The molecule has 1 N–H and O–H groups in total. The third-order valence-electron chi connectivity index (χ3n) is 3.30. The van der Waals surface area contributed by atoms with Crippen molar-refractivity contribution in [2.24, 2.45) is 0 Å². The van der Waals surface area contributed by atoms with Crippen LogP contribution >= 0.6 is 0 Å². The first-order valence-electron chi connectivity index (χ1n) is 7.05. The number of nitrogens with one attached hydrogen (secondary N) is 1. The Bertz CT molecular complexity index is 572. The molecule has 2 rings (SSSR count). The summed E-state index contributed by atoms with van der Waals surface area (Å²) in [5.41, 5.74) is 0. The number of aromatic nitrogens is 3. The molecule has 0 bridgehead atoms. The predicted molar refractivity (Wildman–Crippen MR) is 78.7 cm³/mol. The van der Waals surface area contributed by atoms with Crippen molar-refractivity contribution in [2.45, 2.75) is 32.7 Å². The van der Waals surface area contributed by atoms with Gasteiger partial charge in [-0.15, -0.1) is 0 Å². The molecule has 2 heterocycles. The van der Waals surface area contributed by atoms with Gasteiger partial charge < -0.3 is 9.64 Å². The lowest BCUT2D eigenvalue weighted by Crippen LogP contribution is -2.32. The molecular weight excluding hydrogens is 294 g/mol. The minimum absolute atomic E-state index is 0.0220. The molecule has 0 spiro atoms. The van der Waals surface area contributed by atoms with E-state index in [1.165, 1.54) is 13.5 Å². The highest BCUT2D eigenvalue weighted by Crippen LogP contribution is 2.17. The van der Waals surface area contributed by atoms with Gasteiger partial charge in [0.25, 0.3) is 0 Å². The van der Waals surface area contributed by atoms with Gasteiger partial charge in [0.2, 0.25) is 16.0 Å². The maximum Gasteiger partial charge on any atom is 0.321 e. The second-order valence-corrected chi connectivity index (χ2v) is 6.91. The Hall–Kier alpha value is -1.48. The third-order valence-corrected chi connectivity index (χ3v) is 4.65. The van der Waals surface area contributed by atoms with E-state index in [-0.39, 0.29) is 18.3 Å². The summed E-state index contributed by atoms with van der Waals surface area (Å²) < 4.78 is 30.5. The molecule has 1 saturated heterocycles. The monoisotopic (exact) mass is 315 g/mol. The highest BCUT2D eigenvalue weighted by atomic mass is 32.2. The number of hydrogen-bond acceptors (Lipinski definition) is 7. The molecule has 0 unspecified atom stereocenters. The highest BCUT2D eigenvalue weighted by Gasteiger charge is 2.17. The van der Waals surface area contributed by atoms with E-state index < -0.39 is 10.0 Å². The average molecular weight is 315 g/mol. The zero-order chi connectivity index (χ0) is 15.3. The van der Waals surface area contributed by atoms with E-state index in [9.17, 15) is 8.42 Å². The fourth-order valence-electron chi connectivity index (χ4n) is 2.07. The molecule has 0 saturated carbocycles. The zero-order valence-electron chi connectivity index (χ0n) is 12.4. The third kappa shape index (κ3) is 4.50. The summed E-state index contributed by atoms with van der Waals surface area (Å²) in [4.78, 5) is 14.7. The second kappa shape index (κ2) is 6.99. The van der Waals surface area contributed by atoms with Crippen LogP contribution in [-0.4, -0.2) is 49.3 Å². The molecule has 0 radical (unpaired) electrons. The van der Waals surface area contributed by atoms with Crippen molar-refractivity contribution in [1.29, 1.82) is 0 Å². The minimum atomic E-state index is -3.28. The molecule has 21 heavy (non-hydrogen) atoms. The van der Waals surface area contributed by atoms with Crippen molar-refractivity contribution in [3.8, 4) is 6.01 Å². The van der Waals surface area contributed by atoms with Crippen molar-refractivity contribution in [3.05, 3.63) is 5.82 Å². The zero-order valence-corrected chi connectivity index (χ0v) is 13.2. The molecule has 1 aromatic heterocycles. The largest absolute Gasteiger partial charge is 0.467 e. The van der Waals surface area contributed by atoms with Crippen LogP contribution in [0.2, 0.25) is 0 Å². The smallest absolute Gasteiger partial charge is 0.321 e. The lowest BCUT2D eigenvalue weighted by Gasteiger charge is -2.26. The van der Waals surface area contributed by atoms with Crippen molar-refractivity contribution in [1.82, 2.24) is 19.7 Å². The van der Waals surface area contributed by atoms with Gasteiger partial charge in [0.05, 0.1) is 19.4 Å². The minimum Gasteiger partial charge on any atom is -0.467 e. The van der Waals surface area contributed by atoms with Crippen LogP contribution in [0, 0.1) is 0 Å². The predicted octanol–water partition coefficient (Wildman–Crippen LogP) is 0.310. The van der Waals surface area contributed by atoms with Crippen LogP contribution in [0.4, 0.5) is 5.95 Å². The summed E-state index contributed by atoms with van der Waals surface area (Å²) in [6, 6.07) is 0.205. The van der Waals surface area contributed by atoms with E-state index in [1.807, 2.05) is 0 Å². The molecule has 1 aliphatic rings. The van der Waals surface area contributed by atoms with Gasteiger partial charge in [-0.05, 0) is 26.2 Å². The molecule has 1 aliphatic heterocycles. The summed E-state index contributed by atoms with van der Waals surface area (Å²) >= 11 is 0. The summed E-state index contributed by atoms with van der Waals surface area (Å²) in [7, 11) is -1.80. The number of ether oxygens (including phenoxy) is 1. The van der Waals surface area contributed by atoms with Crippen LogP contribution in [0.3, 0.4) is 0 Å². The standard InChI is InChI=1S/C12H21N5O3S/c1-3-21(18,19)13-9-10-14-11(16-12(15-10)20-2)17-7-5-4-6-8-17/h13H,3-9H2,1-2H3. The Labute approximate surface area is 125 Å². The van der Waals surface area contributed by atoms with E-state index in [4.69, 9.17) is 4.74 Å². The van der Waals surface area contributed by atoms with E-state index >= 15 is 0 Å². The van der Waals surface area contributed by atoms with Crippen LogP contribution in [0.1, 0.15) is 32.0 Å².